The van der Waals surface area contributed by atoms with Crippen LogP contribution in [0, 0.1) is 6.92 Å². The first-order valence-electron chi connectivity index (χ1n) is 7.18. The number of methoxy groups -OCH3 is 1. The number of amidine groups is 1. The summed E-state index contributed by atoms with van der Waals surface area (Å²) in [5.74, 6) is 1.44. The van der Waals surface area contributed by atoms with Crippen LogP contribution in [-0.2, 0) is 4.74 Å². The number of benzene rings is 1. The summed E-state index contributed by atoms with van der Waals surface area (Å²) >= 11 is 0. The molecule has 1 aromatic heterocycles. The van der Waals surface area contributed by atoms with Gasteiger partial charge in [0.05, 0.1) is 18.7 Å². The molecule has 0 saturated heterocycles. The minimum atomic E-state index is -0.364. The standard InChI is InChI=1S/C16H18N2O4/c1-10-7-15(19)22-14-9-13(21-6-5-20-2)12(8-11(10)14)16-17-3-4-18-16/h7-9H,3-6H2,1-2H3,(H,17,18). The number of rotatable bonds is 5. The van der Waals surface area contributed by atoms with Gasteiger partial charge in [0, 0.05) is 31.2 Å². The van der Waals surface area contributed by atoms with Crippen molar-refractivity contribution in [3.8, 4) is 5.75 Å². The van der Waals surface area contributed by atoms with Crippen LogP contribution in [-0.4, -0.2) is 39.2 Å². The van der Waals surface area contributed by atoms with E-state index in [1.165, 1.54) is 6.07 Å². The Kier molecular flexibility index (Phi) is 4.11. The summed E-state index contributed by atoms with van der Waals surface area (Å²) in [6.45, 7) is 4.34. The van der Waals surface area contributed by atoms with Gasteiger partial charge in [-0.15, -0.1) is 0 Å². The molecule has 3 rings (SSSR count). The third kappa shape index (κ3) is 2.82. The highest BCUT2D eigenvalue weighted by Gasteiger charge is 2.17. The van der Waals surface area contributed by atoms with Crippen molar-refractivity contribution in [1.82, 2.24) is 5.32 Å². The van der Waals surface area contributed by atoms with Crippen LogP contribution in [0.5, 0.6) is 5.75 Å². The SMILES string of the molecule is COCCOc1cc2oc(=O)cc(C)c2cc1C1=NCCN1. The number of hydrogen-bond acceptors (Lipinski definition) is 6. The smallest absolute Gasteiger partial charge is 0.336 e. The molecule has 2 aromatic rings. The van der Waals surface area contributed by atoms with Crippen LogP contribution >= 0.6 is 0 Å². The maximum absolute atomic E-state index is 11.6. The Hall–Kier alpha value is -2.34. The summed E-state index contributed by atoms with van der Waals surface area (Å²) < 4.78 is 16.1. The number of hydrogen-bond donors (Lipinski definition) is 1. The Balaban J connectivity index is 2.11. The fourth-order valence-electron chi connectivity index (χ4n) is 2.46. The molecule has 0 spiro atoms. The highest BCUT2D eigenvalue weighted by molar-refractivity contribution is 6.05. The van der Waals surface area contributed by atoms with E-state index in [0.717, 1.165) is 35.4 Å². The average Bonchev–Trinajstić information content (AvgIpc) is 3.00. The first-order valence-corrected chi connectivity index (χ1v) is 7.18. The number of ether oxygens (including phenoxy) is 2. The molecule has 0 fully saturated rings. The Morgan fingerprint density at radius 1 is 1.32 bits per heavy atom. The highest BCUT2D eigenvalue weighted by atomic mass is 16.5. The molecule has 2 heterocycles. The molecule has 0 bridgehead atoms. The van der Waals surface area contributed by atoms with E-state index in [-0.39, 0.29) is 5.63 Å². The van der Waals surface area contributed by atoms with Gasteiger partial charge >= 0.3 is 5.63 Å². The van der Waals surface area contributed by atoms with Crippen LogP contribution < -0.4 is 15.7 Å². The molecule has 0 aliphatic carbocycles. The van der Waals surface area contributed by atoms with Gasteiger partial charge in [0.2, 0.25) is 0 Å². The average molecular weight is 302 g/mol. The Morgan fingerprint density at radius 2 is 2.18 bits per heavy atom. The Morgan fingerprint density at radius 3 is 2.91 bits per heavy atom. The van der Waals surface area contributed by atoms with E-state index >= 15 is 0 Å². The normalized spacial score (nSPS) is 14.0. The van der Waals surface area contributed by atoms with E-state index in [9.17, 15) is 4.79 Å². The van der Waals surface area contributed by atoms with Crippen molar-refractivity contribution < 1.29 is 13.9 Å². The summed E-state index contributed by atoms with van der Waals surface area (Å²) in [5, 5.41) is 4.13. The lowest BCUT2D eigenvalue weighted by Crippen LogP contribution is -2.21. The summed E-state index contributed by atoms with van der Waals surface area (Å²) in [5.41, 5.74) is 1.89. The molecular formula is C16H18N2O4. The summed E-state index contributed by atoms with van der Waals surface area (Å²) in [6.07, 6.45) is 0. The van der Waals surface area contributed by atoms with Crippen molar-refractivity contribution in [1.29, 1.82) is 0 Å². The summed E-state index contributed by atoms with van der Waals surface area (Å²) in [4.78, 5) is 16.0. The molecule has 0 saturated carbocycles. The third-order valence-corrected chi connectivity index (χ3v) is 3.53. The number of nitrogens with one attached hydrogen (secondary N) is 1. The van der Waals surface area contributed by atoms with E-state index < -0.39 is 0 Å². The molecule has 116 valence electrons. The van der Waals surface area contributed by atoms with Crippen molar-refractivity contribution >= 4 is 16.8 Å². The molecule has 6 nitrogen and oxygen atoms in total. The molecule has 1 N–H and O–H groups in total. The monoisotopic (exact) mass is 302 g/mol. The number of nitrogens with zero attached hydrogens (tertiary/aromatic N) is 1. The molecule has 0 unspecified atom stereocenters. The molecule has 1 aliphatic rings. The van der Waals surface area contributed by atoms with Crippen molar-refractivity contribution in [2.24, 2.45) is 4.99 Å². The van der Waals surface area contributed by atoms with Crippen LogP contribution in [0.2, 0.25) is 0 Å². The van der Waals surface area contributed by atoms with Gasteiger partial charge in [-0.25, -0.2) is 4.79 Å². The van der Waals surface area contributed by atoms with E-state index in [4.69, 9.17) is 13.9 Å². The molecule has 6 heteroatoms. The van der Waals surface area contributed by atoms with E-state index in [2.05, 4.69) is 10.3 Å². The van der Waals surface area contributed by atoms with Gasteiger partial charge in [-0.1, -0.05) is 0 Å². The minimum absolute atomic E-state index is 0.364. The van der Waals surface area contributed by atoms with Gasteiger partial charge in [-0.05, 0) is 18.6 Å². The number of fused-ring (bicyclic) bond motifs is 1. The Labute approximate surface area is 127 Å². The predicted molar refractivity (Wildman–Crippen MR) is 84.0 cm³/mol. The number of aliphatic imine (C=N–C) groups is 1. The van der Waals surface area contributed by atoms with Crippen molar-refractivity contribution in [3.63, 3.8) is 0 Å². The first-order chi connectivity index (χ1) is 10.7. The second kappa shape index (κ2) is 6.19. The maximum atomic E-state index is 11.6. The molecule has 0 radical (unpaired) electrons. The van der Waals surface area contributed by atoms with Crippen molar-refractivity contribution in [2.45, 2.75) is 6.92 Å². The largest absolute Gasteiger partial charge is 0.490 e. The third-order valence-electron chi connectivity index (χ3n) is 3.53. The second-order valence-electron chi connectivity index (χ2n) is 5.09. The zero-order valence-electron chi connectivity index (χ0n) is 12.6. The van der Waals surface area contributed by atoms with Crippen LogP contribution in [0.15, 0.2) is 32.4 Å². The lowest BCUT2D eigenvalue weighted by Gasteiger charge is -2.13. The quantitative estimate of drug-likeness (QED) is 0.669. The van der Waals surface area contributed by atoms with Gasteiger partial charge in [-0.2, -0.15) is 0 Å². The zero-order valence-corrected chi connectivity index (χ0v) is 12.6. The molecular weight excluding hydrogens is 284 g/mol. The summed E-state index contributed by atoms with van der Waals surface area (Å²) in [7, 11) is 1.62. The maximum Gasteiger partial charge on any atom is 0.336 e. The van der Waals surface area contributed by atoms with E-state index in [1.807, 2.05) is 13.0 Å². The Bertz CT molecular complexity index is 780. The van der Waals surface area contributed by atoms with Gasteiger partial charge in [0.1, 0.15) is 23.8 Å². The molecule has 0 atom stereocenters. The van der Waals surface area contributed by atoms with Crippen LogP contribution in [0.3, 0.4) is 0 Å². The first kappa shape index (κ1) is 14.6. The fraction of sp³-hybridized carbons (Fsp3) is 0.375. The van der Waals surface area contributed by atoms with E-state index in [1.54, 1.807) is 13.2 Å². The predicted octanol–water partition coefficient (Wildman–Crippen LogP) is 1.48. The molecule has 1 aromatic carbocycles. The number of aryl methyl sites for hydroxylation is 1. The van der Waals surface area contributed by atoms with Crippen LogP contribution in [0.25, 0.3) is 11.0 Å². The molecule has 1 aliphatic heterocycles. The van der Waals surface area contributed by atoms with Gasteiger partial charge in [0.25, 0.3) is 0 Å². The minimum Gasteiger partial charge on any atom is -0.490 e. The van der Waals surface area contributed by atoms with Gasteiger partial charge < -0.3 is 19.2 Å². The highest BCUT2D eigenvalue weighted by Crippen LogP contribution is 2.28. The molecule has 22 heavy (non-hydrogen) atoms. The fourth-order valence-corrected chi connectivity index (χ4v) is 2.46. The summed E-state index contributed by atoms with van der Waals surface area (Å²) in [6, 6.07) is 5.19. The van der Waals surface area contributed by atoms with Crippen LogP contribution in [0.4, 0.5) is 0 Å². The topological polar surface area (TPSA) is 73.1 Å². The second-order valence-corrected chi connectivity index (χ2v) is 5.09. The van der Waals surface area contributed by atoms with E-state index in [0.29, 0.717) is 24.5 Å². The van der Waals surface area contributed by atoms with Gasteiger partial charge in [-0.3, -0.25) is 4.99 Å². The lowest BCUT2D eigenvalue weighted by atomic mass is 10.1. The zero-order chi connectivity index (χ0) is 15.5. The van der Waals surface area contributed by atoms with Gasteiger partial charge in [0.15, 0.2) is 0 Å². The van der Waals surface area contributed by atoms with Crippen molar-refractivity contribution in [2.75, 3.05) is 33.4 Å². The lowest BCUT2D eigenvalue weighted by molar-refractivity contribution is 0.146. The molecule has 0 amide bonds. The van der Waals surface area contributed by atoms with Crippen LogP contribution in [0.1, 0.15) is 11.1 Å². The van der Waals surface area contributed by atoms with Crippen molar-refractivity contribution in [3.05, 3.63) is 39.7 Å².